The number of esters is 1. The van der Waals surface area contributed by atoms with Crippen molar-refractivity contribution in [3.8, 4) is 10.6 Å². The van der Waals surface area contributed by atoms with Crippen LogP contribution in [0.5, 0.6) is 0 Å². The number of fused-ring (bicyclic) bond motifs is 1. The summed E-state index contributed by atoms with van der Waals surface area (Å²) < 4.78 is 5.59. The van der Waals surface area contributed by atoms with Gasteiger partial charge >= 0.3 is 5.97 Å². The van der Waals surface area contributed by atoms with Crippen LogP contribution in [0.1, 0.15) is 38.8 Å². The first kappa shape index (κ1) is 20.0. The minimum Gasteiger partial charge on any atom is -0.451 e. The molecule has 1 atom stereocenters. The Morgan fingerprint density at radius 2 is 1.77 bits per heavy atom. The molecule has 5 heteroatoms. The van der Waals surface area contributed by atoms with Gasteiger partial charge in [-0.2, -0.15) is 0 Å². The van der Waals surface area contributed by atoms with Gasteiger partial charge in [0.05, 0.1) is 21.7 Å². The molecule has 0 fully saturated rings. The van der Waals surface area contributed by atoms with E-state index in [4.69, 9.17) is 4.74 Å². The van der Waals surface area contributed by atoms with Crippen LogP contribution in [0.25, 0.3) is 21.5 Å². The monoisotopic (exact) mass is 415 g/mol. The van der Waals surface area contributed by atoms with Gasteiger partial charge in [0.25, 0.3) is 0 Å². The summed E-state index contributed by atoms with van der Waals surface area (Å²) in [7, 11) is 0. The second kappa shape index (κ2) is 8.20. The molecule has 0 radical (unpaired) electrons. The smallest absolute Gasteiger partial charge is 0.339 e. The number of rotatable bonds is 5. The van der Waals surface area contributed by atoms with Gasteiger partial charge in [0.1, 0.15) is 0 Å². The van der Waals surface area contributed by atoms with E-state index in [1.807, 2.05) is 67.8 Å². The van der Waals surface area contributed by atoms with Crippen LogP contribution in [0, 0.1) is 13.8 Å². The fraction of sp³-hybridized carbons (Fsp3) is 0.160. The molecule has 0 bridgehead atoms. The van der Waals surface area contributed by atoms with Crippen LogP contribution in [-0.2, 0) is 4.74 Å². The highest BCUT2D eigenvalue weighted by Gasteiger charge is 2.23. The van der Waals surface area contributed by atoms with Gasteiger partial charge in [-0.05, 0) is 61.5 Å². The molecule has 2 aromatic carbocycles. The number of nitrogens with zero attached hydrogens (tertiary/aromatic N) is 1. The lowest BCUT2D eigenvalue weighted by Gasteiger charge is -2.15. The van der Waals surface area contributed by atoms with Gasteiger partial charge in [-0.15, -0.1) is 11.3 Å². The number of aromatic nitrogens is 1. The molecule has 0 spiro atoms. The fourth-order valence-electron chi connectivity index (χ4n) is 3.30. The number of pyridine rings is 1. The van der Waals surface area contributed by atoms with Crippen molar-refractivity contribution >= 4 is 34.0 Å². The summed E-state index contributed by atoms with van der Waals surface area (Å²) in [5.74, 6) is -0.751. The zero-order valence-corrected chi connectivity index (χ0v) is 17.8. The lowest BCUT2D eigenvalue weighted by atomic mass is 10.0. The third kappa shape index (κ3) is 3.89. The Morgan fingerprint density at radius 3 is 2.50 bits per heavy atom. The molecule has 150 valence electrons. The topological polar surface area (TPSA) is 56.3 Å². The molecule has 4 aromatic rings. The van der Waals surface area contributed by atoms with Crippen LogP contribution in [0.4, 0.5) is 0 Å². The van der Waals surface area contributed by atoms with Gasteiger partial charge in [0, 0.05) is 10.9 Å². The summed E-state index contributed by atoms with van der Waals surface area (Å²) in [5, 5.41) is 2.67. The van der Waals surface area contributed by atoms with Crippen molar-refractivity contribution in [1.82, 2.24) is 4.98 Å². The number of ketones is 1. The maximum atomic E-state index is 13.0. The van der Waals surface area contributed by atoms with E-state index in [0.29, 0.717) is 27.7 Å². The average molecular weight is 416 g/mol. The number of carbonyl (C=O) groups excluding carboxylic acids is 2. The van der Waals surface area contributed by atoms with Crippen molar-refractivity contribution in [2.45, 2.75) is 26.9 Å². The molecule has 4 nitrogen and oxygen atoms in total. The predicted octanol–water partition coefficient (Wildman–Crippen LogP) is 6.01. The molecule has 30 heavy (non-hydrogen) atoms. The van der Waals surface area contributed by atoms with Gasteiger partial charge in [-0.3, -0.25) is 4.79 Å². The molecule has 0 saturated carbocycles. The number of benzene rings is 2. The Hall–Kier alpha value is -3.31. The van der Waals surface area contributed by atoms with E-state index < -0.39 is 12.1 Å². The number of Topliss-reactive ketones (excluding diaryl/α,β-unsaturated/α-hetero) is 1. The second-order valence-corrected chi connectivity index (χ2v) is 8.21. The molecule has 2 heterocycles. The van der Waals surface area contributed by atoms with Crippen molar-refractivity contribution in [3.05, 3.63) is 88.3 Å². The summed E-state index contributed by atoms with van der Waals surface area (Å²) in [4.78, 5) is 31.5. The van der Waals surface area contributed by atoms with E-state index in [9.17, 15) is 9.59 Å². The molecule has 0 aliphatic rings. The highest BCUT2D eigenvalue weighted by molar-refractivity contribution is 7.13. The zero-order valence-electron chi connectivity index (χ0n) is 17.0. The number of ether oxygens (including phenoxy) is 1. The number of carbonyl (C=O) groups is 2. The largest absolute Gasteiger partial charge is 0.451 e. The van der Waals surface area contributed by atoms with Gasteiger partial charge in [-0.1, -0.05) is 36.4 Å². The minimum atomic E-state index is -0.892. The average Bonchev–Trinajstić information content (AvgIpc) is 3.29. The molecule has 0 N–H and O–H groups in total. The third-order valence-corrected chi connectivity index (χ3v) is 6.05. The van der Waals surface area contributed by atoms with Crippen LogP contribution >= 0.6 is 11.3 Å². The lowest BCUT2D eigenvalue weighted by molar-refractivity contribution is 0.0320. The number of thiophene rings is 1. The zero-order chi connectivity index (χ0) is 21.3. The van der Waals surface area contributed by atoms with Crippen LogP contribution < -0.4 is 0 Å². The van der Waals surface area contributed by atoms with E-state index in [1.54, 1.807) is 30.4 Å². The standard InChI is InChI=1S/C25H21NO3S/c1-15-10-11-18(13-16(15)2)24(27)17(3)29-25(28)20-14-22(23-9-6-12-30-23)26-21-8-5-4-7-19(20)21/h4-14,17H,1-3H3/t17-/m0/s1. The number of hydrogen-bond acceptors (Lipinski definition) is 5. The summed E-state index contributed by atoms with van der Waals surface area (Å²) >= 11 is 1.55. The SMILES string of the molecule is Cc1ccc(C(=O)[C@H](C)OC(=O)c2cc(-c3cccs3)nc3ccccc23)cc1C. The van der Waals surface area contributed by atoms with E-state index >= 15 is 0 Å². The van der Waals surface area contributed by atoms with E-state index in [2.05, 4.69) is 4.98 Å². The number of hydrogen-bond donors (Lipinski definition) is 0. The molecular weight excluding hydrogens is 394 g/mol. The molecule has 0 amide bonds. The van der Waals surface area contributed by atoms with Crippen LogP contribution in [-0.4, -0.2) is 22.8 Å². The first-order valence-electron chi connectivity index (χ1n) is 9.70. The van der Waals surface area contributed by atoms with Crippen molar-refractivity contribution in [1.29, 1.82) is 0 Å². The summed E-state index contributed by atoms with van der Waals surface area (Å²) in [5.41, 5.74) is 4.51. The van der Waals surface area contributed by atoms with Crippen LogP contribution in [0.2, 0.25) is 0 Å². The van der Waals surface area contributed by atoms with E-state index in [0.717, 1.165) is 16.0 Å². The summed E-state index contributed by atoms with van der Waals surface area (Å²) in [6.07, 6.45) is -0.892. The number of aryl methyl sites for hydroxylation is 2. The Balaban J connectivity index is 1.65. The Bertz CT molecular complexity index is 1240. The maximum absolute atomic E-state index is 13.0. The third-order valence-electron chi connectivity index (χ3n) is 5.15. The molecule has 0 unspecified atom stereocenters. The van der Waals surface area contributed by atoms with Gasteiger partial charge in [0.2, 0.25) is 5.78 Å². The predicted molar refractivity (Wildman–Crippen MR) is 120 cm³/mol. The Morgan fingerprint density at radius 1 is 0.967 bits per heavy atom. The van der Waals surface area contributed by atoms with Crippen molar-refractivity contribution in [2.75, 3.05) is 0 Å². The van der Waals surface area contributed by atoms with Crippen molar-refractivity contribution in [2.24, 2.45) is 0 Å². The molecule has 0 aliphatic heterocycles. The van der Waals surface area contributed by atoms with E-state index in [-0.39, 0.29) is 5.78 Å². The molecule has 2 aromatic heterocycles. The highest BCUT2D eigenvalue weighted by atomic mass is 32.1. The molecule has 4 rings (SSSR count). The lowest BCUT2D eigenvalue weighted by Crippen LogP contribution is -2.24. The fourth-order valence-corrected chi connectivity index (χ4v) is 3.99. The first-order valence-corrected chi connectivity index (χ1v) is 10.6. The minimum absolute atomic E-state index is 0.219. The summed E-state index contributed by atoms with van der Waals surface area (Å²) in [6, 6.07) is 18.6. The van der Waals surface area contributed by atoms with Gasteiger partial charge in [0.15, 0.2) is 6.10 Å². The maximum Gasteiger partial charge on any atom is 0.339 e. The first-order chi connectivity index (χ1) is 14.4. The van der Waals surface area contributed by atoms with Crippen molar-refractivity contribution < 1.29 is 14.3 Å². The second-order valence-electron chi connectivity index (χ2n) is 7.26. The van der Waals surface area contributed by atoms with E-state index in [1.165, 1.54) is 0 Å². The van der Waals surface area contributed by atoms with Gasteiger partial charge < -0.3 is 4.74 Å². The Kier molecular flexibility index (Phi) is 5.46. The Labute approximate surface area is 179 Å². The van der Waals surface area contributed by atoms with Crippen LogP contribution in [0.3, 0.4) is 0 Å². The molecule has 0 aliphatic carbocycles. The molecular formula is C25H21NO3S. The van der Waals surface area contributed by atoms with Crippen molar-refractivity contribution in [3.63, 3.8) is 0 Å². The highest BCUT2D eigenvalue weighted by Crippen LogP contribution is 2.28. The molecule has 0 saturated heterocycles. The van der Waals surface area contributed by atoms with Gasteiger partial charge in [-0.25, -0.2) is 9.78 Å². The van der Waals surface area contributed by atoms with Crippen LogP contribution in [0.15, 0.2) is 66.0 Å². The quantitative estimate of drug-likeness (QED) is 0.296. The normalized spacial score (nSPS) is 12.0. The number of para-hydroxylation sites is 1. The summed E-state index contributed by atoms with van der Waals surface area (Å²) in [6.45, 7) is 5.56.